The lowest BCUT2D eigenvalue weighted by Crippen LogP contribution is -2.35. The lowest BCUT2D eigenvalue weighted by atomic mass is 10.0. The van der Waals surface area contributed by atoms with Crippen LogP contribution in [-0.2, 0) is 19.6 Å². The Kier molecular flexibility index (Phi) is 8.40. The molecular formula is C21H26ClN3O4S. The van der Waals surface area contributed by atoms with Gasteiger partial charge in [-0.05, 0) is 48.2 Å². The van der Waals surface area contributed by atoms with Crippen LogP contribution < -0.4 is 15.4 Å². The van der Waals surface area contributed by atoms with Crippen LogP contribution in [0.15, 0.2) is 47.4 Å². The first-order valence-corrected chi connectivity index (χ1v) is 11.4. The molecule has 0 aliphatic rings. The van der Waals surface area contributed by atoms with Crippen molar-refractivity contribution in [3.05, 3.63) is 58.6 Å². The highest BCUT2D eigenvalue weighted by Gasteiger charge is 2.15. The van der Waals surface area contributed by atoms with Crippen LogP contribution in [0.2, 0.25) is 5.02 Å². The summed E-state index contributed by atoms with van der Waals surface area (Å²) in [5.41, 5.74) is 2.34. The average Bonchev–Trinajstić information content (AvgIpc) is 2.70. The summed E-state index contributed by atoms with van der Waals surface area (Å²) >= 11 is 6.01. The molecule has 2 rings (SSSR count). The van der Waals surface area contributed by atoms with E-state index in [9.17, 15) is 18.0 Å². The van der Waals surface area contributed by atoms with Gasteiger partial charge < -0.3 is 10.6 Å². The fourth-order valence-corrected chi connectivity index (χ4v) is 3.83. The van der Waals surface area contributed by atoms with Gasteiger partial charge in [-0.3, -0.25) is 9.59 Å². The molecule has 0 unspecified atom stereocenters. The third-order valence-corrected chi connectivity index (χ3v) is 6.38. The molecule has 2 amide bonds. The van der Waals surface area contributed by atoms with Gasteiger partial charge in [-0.25, -0.2) is 13.1 Å². The van der Waals surface area contributed by atoms with Gasteiger partial charge in [-0.15, -0.1) is 0 Å². The topological polar surface area (TPSA) is 104 Å². The zero-order valence-corrected chi connectivity index (χ0v) is 18.7. The molecule has 0 heterocycles. The number of rotatable bonds is 9. The van der Waals surface area contributed by atoms with Gasteiger partial charge >= 0.3 is 0 Å². The molecule has 2 aromatic carbocycles. The first-order valence-electron chi connectivity index (χ1n) is 9.51. The smallest absolute Gasteiger partial charge is 0.243 e. The number of sulfonamides is 1. The molecule has 2 aromatic rings. The Bertz CT molecular complexity index is 1010. The Morgan fingerprint density at radius 1 is 1.03 bits per heavy atom. The van der Waals surface area contributed by atoms with E-state index in [4.69, 9.17) is 11.6 Å². The minimum atomic E-state index is -3.70. The fraction of sp³-hybridized carbons (Fsp3) is 0.333. The van der Waals surface area contributed by atoms with Gasteiger partial charge in [0, 0.05) is 23.7 Å². The van der Waals surface area contributed by atoms with Crippen molar-refractivity contribution in [1.29, 1.82) is 0 Å². The quantitative estimate of drug-likeness (QED) is 0.544. The van der Waals surface area contributed by atoms with Crippen LogP contribution in [0, 0.1) is 6.92 Å². The predicted molar refractivity (Wildman–Crippen MR) is 118 cm³/mol. The molecular weight excluding hydrogens is 426 g/mol. The standard InChI is InChI=1S/C21H26ClN3O4S/c1-14(2)16-7-9-17(10-8-16)30(28,29)24-12-11-20(26)23-13-21(27)25-19-6-4-5-18(22)15(19)3/h4-10,14,24H,11-13H2,1-3H3,(H,23,26)(H,25,27). The molecule has 3 N–H and O–H groups in total. The van der Waals surface area contributed by atoms with Crippen LogP contribution in [-0.4, -0.2) is 33.3 Å². The number of nitrogens with one attached hydrogen (secondary N) is 3. The van der Waals surface area contributed by atoms with Crippen molar-refractivity contribution in [2.45, 2.75) is 38.0 Å². The Labute approximate surface area is 182 Å². The molecule has 0 atom stereocenters. The Morgan fingerprint density at radius 3 is 2.33 bits per heavy atom. The van der Waals surface area contributed by atoms with Crippen molar-refractivity contribution < 1.29 is 18.0 Å². The summed E-state index contributed by atoms with van der Waals surface area (Å²) in [4.78, 5) is 24.1. The lowest BCUT2D eigenvalue weighted by Gasteiger charge is -2.11. The van der Waals surface area contributed by atoms with Crippen molar-refractivity contribution >= 4 is 39.1 Å². The molecule has 30 heavy (non-hydrogen) atoms. The number of hydrogen-bond acceptors (Lipinski definition) is 4. The van der Waals surface area contributed by atoms with Crippen LogP contribution in [0.1, 0.15) is 37.3 Å². The molecule has 0 saturated heterocycles. The largest absolute Gasteiger partial charge is 0.347 e. The second kappa shape index (κ2) is 10.6. The molecule has 0 radical (unpaired) electrons. The highest BCUT2D eigenvalue weighted by Crippen LogP contribution is 2.22. The zero-order valence-electron chi connectivity index (χ0n) is 17.2. The summed E-state index contributed by atoms with van der Waals surface area (Å²) in [7, 11) is -3.70. The van der Waals surface area contributed by atoms with Gasteiger partial charge in [0.25, 0.3) is 0 Å². The second-order valence-electron chi connectivity index (χ2n) is 7.11. The van der Waals surface area contributed by atoms with Crippen LogP contribution in [0.3, 0.4) is 0 Å². The average molecular weight is 452 g/mol. The third kappa shape index (κ3) is 6.83. The lowest BCUT2D eigenvalue weighted by molar-refractivity contribution is -0.124. The van der Waals surface area contributed by atoms with Crippen LogP contribution in [0.25, 0.3) is 0 Å². The molecule has 0 aliphatic carbocycles. The summed E-state index contributed by atoms with van der Waals surface area (Å²) < 4.78 is 27.0. The Morgan fingerprint density at radius 2 is 1.70 bits per heavy atom. The first-order chi connectivity index (χ1) is 14.1. The van der Waals surface area contributed by atoms with Crippen LogP contribution in [0.4, 0.5) is 5.69 Å². The van der Waals surface area contributed by atoms with Gasteiger partial charge in [0.1, 0.15) is 0 Å². The van der Waals surface area contributed by atoms with E-state index in [-0.39, 0.29) is 24.4 Å². The number of carbonyl (C=O) groups excluding carboxylic acids is 2. The summed E-state index contributed by atoms with van der Waals surface area (Å²) in [6.45, 7) is 5.52. The SMILES string of the molecule is Cc1c(Cl)cccc1NC(=O)CNC(=O)CCNS(=O)(=O)c1ccc(C(C)C)cc1. The number of halogens is 1. The maximum absolute atomic E-state index is 12.3. The molecule has 9 heteroatoms. The van der Waals surface area contributed by atoms with Gasteiger partial charge in [0.05, 0.1) is 11.4 Å². The van der Waals surface area contributed by atoms with E-state index in [1.54, 1.807) is 49.4 Å². The van der Waals surface area contributed by atoms with Crippen molar-refractivity contribution in [3.63, 3.8) is 0 Å². The van der Waals surface area contributed by atoms with Crippen molar-refractivity contribution in [3.8, 4) is 0 Å². The van der Waals surface area contributed by atoms with E-state index < -0.39 is 21.8 Å². The number of anilines is 1. The van der Waals surface area contributed by atoms with Crippen LogP contribution >= 0.6 is 11.6 Å². The monoisotopic (exact) mass is 451 g/mol. The van der Waals surface area contributed by atoms with Gasteiger partial charge in [0.2, 0.25) is 21.8 Å². The second-order valence-corrected chi connectivity index (χ2v) is 9.28. The van der Waals surface area contributed by atoms with Gasteiger partial charge in [-0.1, -0.05) is 43.6 Å². The molecule has 0 aliphatic heterocycles. The normalized spacial score (nSPS) is 11.4. The first kappa shape index (κ1) is 23.9. The Hall–Kier alpha value is -2.42. The number of benzene rings is 2. The highest BCUT2D eigenvalue weighted by atomic mass is 35.5. The molecule has 7 nitrogen and oxygen atoms in total. The maximum Gasteiger partial charge on any atom is 0.243 e. The van der Waals surface area contributed by atoms with E-state index in [0.29, 0.717) is 16.6 Å². The number of amides is 2. The number of carbonyl (C=O) groups is 2. The van der Waals surface area contributed by atoms with Crippen molar-refractivity contribution in [2.24, 2.45) is 0 Å². The Balaban J connectivity index is 1.77. The molecule has 0 fully saturated rings. The van der Waals surface area contributed by atoms with Crippen molar-refractivity contribution in [1.82, 2.24) is 10.0 Å². The van der Waals surface area contributed by atoms with E-state index in [1.165, 1.54) is 0 Å². The third-order valence-electron chi connectivity index (χ3n) is 4.49. The maximum atomic E-state index is 12.3. The van der Waals surface area contributed by atoms with E-state index in [0.717, 1.165) is 11.1 Å². The summed E-state index contributed by atoms with van der Waals surface area (Å²) in [5, 5.41) is 5.67. The van der Waals surface area contributed by atoms with E-state index in [2.05, 4.69) is 15.4 Å². The summed E-state index contributed by atoms with van der Waals surface area (Å²) in [6, 6.07) is 11.8. The van der Waals surface area contributed by atoms with E-state index in [1.807, 2.05) is 13.8 Å². The molecule has 0 spiro atoms. The summed E-state index contributed by atoms with van der Waals surface area (Å²) in [6.07, 6.45) is -0.0905. The molecule has 162 valence electrons. The van der Waals surface area contributed by atoms with Crippen LogP contribution in [0.5, 0.6) is 0 Å². The minimum Gasteiger partial charge on any atom is -0.347 e. The minimum absolute atomic E-state index is 0.0743. The van der Waals surface area contributed by atoms with Crippen molar-refractivity contribution in [2.75, 3.05) is 18.4 Å². The molecule has 0 aromatic heterocycles. The van der Waals surface area contributed by atoms with E-state index >= 15 is 0 Å². The van der Waals surface area contributed by atoms with Gasteiger partial charge in [-0.2, -0.15) is 0 Å². The van der Waals surface area contributed by atoms with Gasteiger partial charge in [0.15, 0.2) is 0 Å². The summed E-state index contributed by atoms with van der Waals surface area (Å²) in [5.74, 6) is -0.538. The highest BCUT2D eigenvalue weighted by molar-refractivity contribution is 7.89. The fourth-order valence-electron chi connectivity index (χ4n) is 2.62. The zero-order chi connectivity index (χ0) is 22.3. The predicted octanol–water partition coefficient (Wildman–Crippen LogP) is 3.20. The molecule has 0 saturated carbocycles. The molecule has 0 bridgehead atoms. The number of hydrogen-bond donors (Lipinski definition) is 3.